The highest BCUT2D eigenvalue weighted by molar-refractivity contribution is 5.81. The number of carbonyl (C=O) groups is 1. The lowest BCUT2D eigenvalue weighted by atomic mass is 10.2. The number of carbonyl (C=O) groups excluding carboxylic acids is 1. The summed E-state index contributed by atoms with van der Waals surface area (Å²) in [6.45, 7) is 7.42. The van der Waals surface area contributed by atoms with Gasteiger partial charge in [0.1, 0.15) is 11.5 Å². The van der Waals surface area contributed by atoms with Gasteiger partial charge in [0.15, 0.2) is 0 Å². The summed E-state index contributed by atoms with van der Waals surface area (Å²) in [5, 5.41) is 8.57. The number of hydrogen-bond acceptors (Lipinski definition) is 6. The number of azo groups is 1. The lowest BCUT2D eigenvalue weighted by Gasteiger charge is -2.06. The Morgan fingerprint density at radius 3 is 1.64 bits per heavy atom. The summed E-state index contributed by atoms with van der Waals surface area (Å²) in [6.07, 6.45) is 9.81. The number of ether oxygens (including phenoxy) is 3. The number of rotatable bonds is 17. The van der Waals surface area contributed by atoms with Crippen LogP contribution in [0, 0.1) is 0 Å². The van der Waals surface area contributed by atoms with E-state index in [9.17, 15) is 4.79 Å². The third-order valence-corrected chi connectivity index (χ3v) is 4.94. The maximum atomic E-state index is 10.9. The molecule has 178 valence electrons. The number of unbranched alkanes of at least 4 members (excludes halogenated alkanes) is 6. The predicted molar refractivity (Wildman–Crippen MR) is 132 cm³/mol. The highest BCUT2D eigenvalue weighted by atomic mass is 16.5. The van der Waals surface area contributed by atoms with Crippen molar-refractivity contribution in [2.45, 2.75) is 58.3 Å². The molecule has 0 aliphatic rings. The zero-order valence-corrected chi connectivity index (χ0v) is 19.7. The predicted octanol–water partition coefficient (Wildman–Crippen LogP) is 7.73. The van der Waals surface area contributed by atoms with Gasteiger partial charge in [-0.3, -0.25) is 0 Å². The maximum absolute atomic E-state index is 10.9. The molecule has 0 radical (unpaired) electrons. The van der Waals surface area contributed by atoms with Crippen molar-refractivity contribution in [2.24, 2.45) is 10.2 Å². The molecule has 0 saturated heterocycles. The van der Waals surface area contributed by atoms with Crippen LogP contribution in [-0.2, 0) is 9.53 Å². The van der Waals surface area contributed by atoms with E-state index in [1.165, 1.54) is 25.3 Å². The Balaban J connectivity index is 1.62. The van der Waals surface area contributed by atoms with E-state index in [4.69, 9.17) is 14.2 Å². The van der Waals surface area contributed by atoms with Crippen LogP contribution in [0.5, 0.6) is 11.5 Å². The molecular weight excluding hydrogens is 416 g/mol. The second-order valence-corrected chi connectivity index (χ2v) is 7.73. The van der Waals surface area contributed by atoms with Gasteiger partial charge in [0, 0.05) is 6.08 Å². The Morgan fingerprint density at radius 2 is 1.18 bits per heavy atom. The molecular formula is C27H36N2O4. The van der Waals surface area contributed by atoms with Gasteiger partial charge in [-0.2, -0.15) is 10.2 Å². The number of esters is 1. The van der Waals surface area contributed by atoms with Gasteiger partial charge in [0.05, 0.1) is 31.2 Å². The molecule has 0 fully saturated rings. The SMILES string of the molecule is C=CC(=O)OCCCCCCOc1ccc(N=Nc2ccc(OCCCCCC)cc2)cc1. The van der Waals surface area contributed by atoms with Crippen LogP contribution in [0.1, 0.15) is 58.3 Å². The minimum Gasteiger partial charge on any atom is -0.494 e. The van der Waals surface area contributed by atoms with Crippen LogP contribution in [0.25, 0.3) is 0 Å². The number of hydrogen-bond donors (Lipinski definition) is 0. The molecule has 0 unspecified atom stereocenters. The highest BCUT2D eigenvalue weighted by Gasteiger charge is 1.99. The summed E-state index contributed by atoms with van der Waals surface area (Å²) >= 11 is 0. The van der Waals surface area contributed by atoms with E-state index in [-0.39, 0.29) is 5.97 Å². The molecule has 2 aromatic rings. The number of benzene rings is 2. The normalized spacial score (nSPS) is 10.8. The Morgan fingerprint density at radius 1 is 0.727 bits per heavy atom. The molecule has 0 atom stereocenters. The Hall–Kier alpha value is -3.15. The summed E-state index contributed by atoms with van der Waals surface area (Å²) in [6, 6.07) is 15.3. The van der Waals surface area contributed by atoms with E-state index in [1.54, 1.807) is 0 Å². The van der Waals surface area contributed by atoms with Gasteiger partial charge in [0.2, 0.25) is 0 Å². The molecule has 0 aliphatic heterocycles. The molecule has 6 heteroatoms. The first-order valence-corrected chi connectivity index (χ1v) is 11.9. The van der Waals surface area contributed by atoms with Crippen LogP contribution in [0.4, 0.5) is 11.4 Å². The van der Waals surface area contributed by atoms with Crippen molar-refractivity contribution >= 4 is 17.3 Å². The molecule has 0 bridgehead atoms. The second-order valence-electron chi connectivity index (χ2n) is 7.73. The van der Waals surface area contributed by atoms with Gasteiger partial charge in [-0.25, -0.2) is 4.79 Å². The Kier molecular flexibility index (Phi) is 13.0. The highest BCUT2D eigenvalue weighted by Crippen LogP contribution is 2.23. The summed E-state index contributed by atoms with van der Waals surface area (Å²) in [7, 11) is 0. The minimum absolute atomic E-state index is 0.364. The zero-order chi connectivity index (χ0) is 23.6. The first-order valence-electron chi connectivity index (χ1n) is 11.9. The molecule has 0 heterocycles. The molecule has 0 aromatic heterocycles. The first-order chi connectivity index (χ1) is 16.2. The maximum Gasteiger partial charge on any atom is 0.330 e. The van der Waals surface area contributed by atoms with Crippen molar-refractivity contribution < 1.29 is 19.0 Å². The van der Waals surface area contributed by atoms with Crippen LogP contribution in [0.15, 0.2) is 71.4 Å². The molecule has 0 aliphatic carbocycles. The van der Waals surface area contributed by atoms with Crippen LogP contribution in [0.3, 0.4) is 0 Å². The minimum atomic E-state index is -0.364. The van der Waals surface area contributed by atoms with Crippen molar-refractivity contribution in [1.82, 2.24) is 0 Å². The molecule has 0 saturated carbocycles. The summed E-state index contributed by atoms with van der Waals surface area (Å²) in [4.78, 5) is 10.9. The van der Waals surface area contributed by atoms with Crippen molar-refractivity contribution in [2.75, 3.05) is 19.8 Å². The third-order valence-electron chi connectivity index (χ3n) is 4.94. The van der Waals surface area contributed by atoms with Crippen LogP contribution in [-0.4, -0.2) is 25.8 Å². The zero-order valence-electron chi connectivity index (χ0n) is 19.7. The lowest BCUT2D eigenvalue weighted by Crippen LogP contribution is -2.02. The molecule has 0 spiro atoms. The molecule has 2 aromatic carbocycles. The van der Waals surface area contributed by atoms with E-state index in [0.29, 0.717) is 13.2 Å². The quantitative estimate of drug-likeness (QED) is 0.107. The first kappa shape index (κ1) is 26.1. The van der Waals surface area contributed by atoms with E-state index in [0.717, 1.165) is 61.6 Å². The van der Waals surface area contributed by atoms with Crippen LogP contribution < -0.4 is 9.47 Å². The van der Waals surface area contributed by atoms with Gasteiger partial charge in [-0.15, -0.1) is 0 Å². The molecule has 0 amide bonds. The van der Waals surface area contributed by atoms with Gasteiger partial charge in [-0.1, -0.05) is 32.8 Å². The fourth-order valence-electron chi connectivity index (χ4n) is 3.03. The van der Waals surface area contributed by atoms with Crippen LogP contribution in [0.2, 0.25) is 0 Å². The average molecular weight is 453 g/mol. The largest absolute Gasteiger partial charge is 0.494 e. The summed E-state index contributed by atoms with van der Waals surface area (Å²) < 4.78 is 16.5. The Bertz CT molecular complexity index is 832. The van der Waals surface area contributed by atoms with E-state index in [1.807, 2.05) is 48.5 Å². The fourth-order valence-corrected chi connectivity index (χ4v) is 3.03. The van der Waals surface area contributed by atoms with E-state index in [2.05, 4.69) is 23.7 Å². The monoisotopic (exact) mass is 452 g/mol. The topological polar surface area (TPSA) is 69.5 Å². The lowest BCUT2D eigenvalue weighted by molar-refractivity contribution is -0.137. The second kappa shape index (κ2) is 16.5. The standard InChI is InChI=1S/C27H36N2O4/c1-3-5-6-9-20-31-25-16-12-23(13-17-25)28-29-24-14-18-26(19-15-24)32-21-10-7-8-11-22-33-27(30)4-2/h4,12-19H,2-3,5-11,20-22H2,1H3. The van der Waals surface area contributed by atoms with Gasteiger partial charge >= 0.3 is 5.97 Å². The summed E-state index contributed by atoms with van der Waals surface area (Å²) in [5.74, 6) is 1.31. The van der Waals surface area contributed by atoms with Crippen molar-refractivity contribution in [1.29, 1.82) is 0 Å². The summed E-state index contributed by atoms with van der Waals surface area (Å²) in [5.41, 5.74) is 1.56. The van der Waals surface area contributed by atoms with Gasteiger partial charge in [0.25, 0.3) is 0 Å². The van der Waals surface area contributed by atoms with Crippen molar-refractivity contribution in [3.63, 3.8) is 0 Å². The van der Waals surface area contributed by atoms with Gasteiger partial charge < -0.3 is 14.2 Å². The Labute approximate surface area is 197 Å². The third kappa shape index (κ3) is 11.9. The smallest absolute Gasteiger partial charge is 0.330 e. The van der Waals surface area contributed by atoms with E-state index >= 15 is 0 Å². The fraction of sp³-hybridized carbons (Fsp3) is 0.444. The molecule has 2 rings (SSSR count). The molecule has 6 nitrogen and oxygen atoms in total. The molecule has 0 N–H and O–H groups in total. The van der Waals surface area contributed by atoms with Gasteiger partial charge in [-0.05, 0) is 80.6 Å². The van der Waals surface area contributed by atoms with E-state index < -0.39 is 0 Å². The average Bonchev–Trinajstić information content (AvgIpc) is 2.85. The van der Waals surface area contributed by atoms with Crippen LogP contribution >= 0.6 is 0 Å². The van der Waals surface area contributed by atoms with Crippen molar-refractivity contribution in [3.8, 4) is 11.5 Å². The van der Waals surface area contributed by atoms with Crippen molar-refractivity contribution in [3.05, 3.63) is 61.2 Å². The molecule has 33 heavy (non-hydrogen) atoms. The number of nitrogens with zero attached hydrogens (tertiary/aromatic N) is 2.